The molecule has 1 unspecified atom stereocenters. The molecule has 1 aliphatic carbocycles. The zero-order valence-electron chi connectivity index (χ0n) is 11.7. The third-order valence-electron chi connectivity index (χ3n) is 3.61. The van der Waals surface area contributed by atoms with Crippen LogP contribution in [0.3, 0.4) is 0 Å². The summed E-state index contributed by atoms with van der Waals surface area (Å²) in [6.45, 7) is 2.03. The molecule has 21 heavy (non-hydrogen) atoms. The Kier molecular flexibility index (Phi) is 3.39. The lowest BCUT2D eigenvalue weighted by Crippen LogP contribution is -2.22. The lowest BCUT2D eigenvalue weighted by atomic mass is 9.92. The summed E-state index contributed by atoms with van der Waals surface area (Å²) < 4.78 is 5.83. The molecule has 4 nitrogen and oxygen atoms in total. The summed E-state index contributed by atoms with van der Waals surface area (Å²) in [7, 11) is 0. The van der Waals surface area contributed by atoms with Crippen LogP contribution in [0.25, 0.3) is 17.4 Å². The highest BCUT2D eigenvalue weighted by atomic mass is 16.3. The Morgan fingerprint density at radius 2 is 1.95 bits per heavy atom. The van der Waals surface area contributed by atoms with E-state index in [4.69, 9.17) is 4.42 Å². The van der Waals surface area contributed by atoms with Gasteiger partial charge in [0.05, 0.1) is 5.56 Å². The Morgan fingerprint density at radius 3 is 2.62 bits per heavy atom. The van der Waals surface area contributed by atoms with Crippen molar-refractivity contribution in [1.82, 2.24) is 0 Å². The molecule has 0 saturated carbocycles. The summed E-state index contributed by atoms with van der Waals surface area (Å²) in [6, 6.07) is 6.67. The topological polar surface area (TPSA) is 70.7 Å². The molecule has 1 aromatic heterocycles. The molecule has 1 atom stereocenters. The normalized spacial score (nSPS) is 17.0. The zero-order chi connectivity index (χ0) is 15.0. The summed E-state index contributed by atoms with van der Waals surface area (Å²) in [4.78, 5) is 12.2. The monoisotopic (exact) mass is 284 g/mol. The van der Waals surface area contributed by atoms with Gasteiger partial charge < -0.3 is 14.6 Å². The zero-order valence-corrected chi connectivity index (χ0v) is 11.7. The Balaban J connectivity index is 2.18. The molecular formula is C17H16O4. The van der Waals surface area contributed by atoms with E-state index < -0.39 is 6.10 Å². The van der Waals surface area contributed by atoms with Crippen LogP contribution >= 0.6 is 0 Å². The first-order valence-electron chi connectivity index (χ1n) is 6.97. The van der Waals surface area contributed by atoms with Crippen LogP contribution in [0.5, 0.6) is 5.75 Å². The molecule has 108 valence electrons. The quantitative estimate of drug-likeness (QED) is 0.908. The Bertz CT molecular complexity index is 707. The van der Waals surface area contributed by atoms with Gasteiger partial charge in [-0.1, -0.05) is 13.3 Å². The number of ketones is 1. The van der Waals surface area contributed by atoms with Crippen LogP contribution in [-0.2, 0) is 6.42 Å². The molecule has 2 aromatic rings. The number of fused-ring (bicyclic) bond motifs is 1. The maximum absolute atomic E-state index is 12.2. The number of carbonyl (C=O) groups excluding carboxylic acids is 1. The molecule has 0 aliphatic heterocycles. The maximum atomic E-state index is 12.2. The third-order valence-corrected chi connectivity index (χ3v) is 3.61. The van der Waals surface area contributed by atoms with E-state index >= 15 is 0 Å². The fraction of sp³-hybridized carbons (Fsp3) is 0.235. The van der Waals surface area contributed by atoms with Crippen molar-refractivity contribution in [2.75, 3.05) is 0 Å². The van der Waals surface area contributed by atoms with Gasteiger partial charge in [0.2, 0.25) is 0 Å². The van der Waals surface area contributed by atoms with Gasteiger partial charge in [0.1, 0.15) is 23.4 Å². The fourth-order valence-electron chi connectivity index (χ4n) is 2.62. The van der Waals surface area contributed by atoms with Crippen LogP contribution < -0.4 is 0 Å². The van der Waals surface area contributed by atoms with Crippen molar-refractivity contribution >= 4 is 11.9 Å². The second-order valence-corrected chi connectivity index (χ2v) is 5.11. The van der Waals surface area contributed by atoms with Gasteiger partial charge in [-0.3, -0.25) is 4.79 Å². The molecule has 2 N–H and O–H groups in total. The van der Waals surface area contributed by atoms with Gasteiger partial charge in [-0.15, -0.1) is 0 Å². The van der Waals surface area contributed by atoms with Gasteiger partial charge >= 0.3 is 0 Å². The standard InChI is InChI=1S/C17H16O4/c1-2-3-12-15-14(9-8-13(19)16(15)20)21-17(12)10-4-6-11(18)7-5-10/h4-9,13,18-19H,2-3H2,1H3. The molecular weight excluding hydrogens is 268 g/mol. The average Bonchev–Trinajstić information content (AvgIpc) is 2.84. The number of aromatic hydroxyl groups is 1. The molecule has 3 rings (SSSR count). The third kappa shape index (κ3) is 2.28. The van der Waals surface area contributed by atoms with Crippen molar-refractivity contribution in [3.63, 3.8) is 0 Å². The lowest BCUT2D eigenvalue weighted by Gasteiger charge is -2.10. The predicted octanol–water partition coefficient (Wildman–Crippen LogP) is 3.18. The highest BCUT2D eigenvalue weighted by molar-refractivity contribution is 6.07. The van der Waals surface area contributed by atoms with Crippen molar-refractivity contribution < 1.29 is 19.4 Å². The van der Waals surface area contributed by atoms with E-state index in [-0.39, 0.29) is 11.5 Å². The summed E-state index contributed by atoms with van der Waals surface area (Å²) in [5.74, 6) is 0.994. The van der Waals surface area contributed by atoms with Crippen LogP contribution in [0, 0.1) is 0 Å². The van der Waals surface area contributed by atoms with Crippen molar-refractivity contribution in [3.05, 3.63) is 47.2 Å². The molecule has 0 spiro atoms. The van der Waals surface area contributed by atoms with Crippen LogP contribution in [-0.4, -0.2) is 22.1 Å². The molecule has 0 bridgehead atoms. The molecule has 0 amide bonds. The molecule has 1 aliphatic rings. The van der Waals surface area contributed by atoms with Crippen LogP contribution in [0.15, 0.2) is 34.8 Å². The van der Waals surface area contributed by atoms with Crippen molar-refractivity contribution in [1.29, 1.82) is 0 Å². The second-order valence-electron chi connectivity index (χ2n) is 5.11. The first-order valence-corrected chi connectivity index (χ1v) is 6.97. The average molecular weight is 284 g/mol. The summed E-state index contributed by atoms with van der Waals surface area (Å²) >= 11 is 0. The van der Waals surface area contributed by atoms with E-state index in [1.807, 2.05) is 6.92 Å². The number of hydrogen-bond donors (Lipinski definition) is 2. The number of furan rings is 1. The number of aliphatic hydroxyl groups is 1. The number of carbonyl (C=O) groups is 1. The van der Waals surface area contributed by atoms with E-state index in [1.165, 1.54) is 6.08 Å². The SMILES string of the molecule is CCCc1c(-c2ccc(O)cc2)oc2c1C(=O)C(O)C=C2. The number of aliphatic hydroxyl groups excluding tert-OH is 1. The molecule has 0 radical (unpaired) electrons. The minimum Gasteiger partial charge on any atom is -0.508 e. The van der Waals surface area contributed by atoms with E-state index in [0.717, 1.165) is 17.5 Å². The molecule has 0 fully saturated rings. The largest absolute Gasteiger partial charge is 0.508 e. The summed E-state index contributed by atoms with van der Waals surface area (Å²) in [5.41, 5.74) is 2.11. The summed E-state index contributed by atoms with van der Waals surface area (Å²) in [6.07, 6.45) is 3.54. The molecule has 1 heterocycles. The minimum atomic E-state index is -1.10. The molecule has 4 heteroatoms. The van der Waals surface area contributed by atoms with Gasteiger partial charge in [-0.05, 0) is 42.8 Å². The molecule has 1 aromatic carbocycles. The summed E-state index contributed by atoms with van der Waals surface area (Å²) in [5, 5.41) is 19.1. The number of hydrogen-bond acceptors (Lipinski definition) is 4. The van der Waals surface area contributed by atoms with Crippen LogP contribution in [0.4, 0.5) is 0 Å². The first-order chi connectivity index (χ1) is 10.1. The van der Waals surface area contributed by atoms with Gasteiger partial charge in [-0.25, -0.2) is 0 Å². The van der Waals surface area contributed by atoms with Crippen molar-refractivity contribution in [3.8, 4) is 17.1 Å². The second kappa shape index (κ2) is 5.22. The Labute approximate surface area is 122 Å². The number of Topliss-reactive ketones (excluding diaryl/α,β-unsaturated/α-hetero) is 1. The lowest BCUT2D eigenvalue weighted by molar-refractivity contribution is 0.0816. The number of benzene rings is 1. The molecule has 0 saturated heterocycles. The van der Waals surface area contributed by atoms with Gasteiger partial charge in [0.25, 0.3) is 0 Å². The van der Waals surface area contributed by atoms with E-state index in [2.05, 4.69) is 0 Å². The van der Waals surface area contributed by atoms with Gasteiger partial charge in [0, 0.05) is 11.1 Å². The highest BCUT2D eigenvalue weighted by Crippen LogP contribution is 2.36. The van der Waals surface area contributed by atoms with E-state index in [0.29, 0.717) is 23.5 Å². The number of rotatable bonds is 3. The van der Waals surface area contributed by atoms with E-state index in [1.54, 1.807) is 30.3 Å². The minimum absolute atomic E-state index is 0.179. The fourth-order valence-corrected chi connectivity index (χ4v) is 2.62. The Morgan fingerprint density at radius 1 is 1.24 bits per heavy atom. The highest BCUT2D eigenvalue weighted by Gasteiger charge is 2.30. The number of phenols is 1. The van der Waals surface area contributed by atoms with E-state index in [9.17, 15) is 15.0 Å². The van der Waals surface area contributed by atoms with Gasteiger partial charge in [-0.2, -0.15) is 0 Å². The first kappa shape index (κ1) is 13.6. The smallest absolute Gasteiger partial charge is 0.199 e. The van der Waals surface area contributed by atoms with Gasteiger partial charge in [0.15, 0.2) is 5.78 Å². The predicted molar refractivity (Wildman–Crippen MR) is 79.2 cm³/mol. The van der Waals surface area contributed by atoms with Crippen molar-refractivity contribution in [2.24, 2.45) is 0 Å². The maximum Gasteiger partial charge on any atom is 0.199 e. The van der Waals surface area contributed by atoms with Crippen LogP contribution in [0.2, 0.25) is 0 Å². The number of phenolic OH excluding ortho intramolecular Hbond substituents is 1. The van der Waals surface area contributed by atoms with Crippen molar-refractivity contribution in [2.45, 2.75) is 25.9 Å². The Hall–Kier alpha value is -2.33. The van der Waals surface area contributed by atoms with Crippen LogP contribution in [0.1, 0.15) is 35.0 Å².